The smallest absolute Gasteiger partial charge is 0.321 e. The van der Waals surface area contributed by atoms with E-state index in [1.807, 2.05) is 20.2 Å². The predicted octanol–water partition coefficient (Wildman–Crippen LogP) is 0.902. The zero-order chi connectivity index (χ0) is 9.97. The highest BCUT2D eigenvalue weighted by atomic mass is 16.5. The van der Waals surface area contributed by atoms with Crippen molar-refractivity contribution in [3.8, 4) is 11.4 Å². The van der Waals surface area contributed by atoms with Crippen LogP contribution in [0.4, 0.5) is 6.01 Å². The Hall–Kier alpha value is -1.85. The fraction of sp³-hybridized carbons (Fsp3) is 0.375. The summed E-state index contributed by atoms with van der Waals surface area (Å²) in [5, 5.41) is 10.8. The van der Waals surface area contributed by atoms with Gasteiger partial charge in [-0.2, -0.15) is 10.1 Å². The summed E-state index contributed by atoms with van der Waals surface area (Å²) < 4.78 is 6.65. The van der Waals surface area contributed by atoms with Gasteiger partial charge in [0.2, 0.25) is 5.82 Å². The van der Waals surface area contributed by atoms with Crippen molar-refractivity contribution in [2.75, 3.05) is 11.9 Å². The summed E-state index contributed by atoms with van der Waals surface area (Å²) in [6.45, 7) is 2.72. The Bertz CT molecular complexity index is 419. The minimum Gasteiger partial charge on any atom is -0.338 e. The van der Waals surface area contributed by atoms with E-state index >= 15 is 0 Å². The van der Waals surface area contributed by atoms with Crippen molar-refractivity contribution in [2.24, 2.45) is 7.05 Å². The summed E-state index contributed by atoms with van der Waals surface area (Å²) in [5.74, 6) is 0.550. The minimum atomic E-state index is 0.436. The van der Waals surface area contributed by atoms with Gasteiger partial charge in [0.25, 0.3) is 0 Å². The van der Waals surface area contributed by atoms with E-state index in [2.05, 4.69) is 20.6 Å². The van der Waals surface area contributed by atoms with Crippen molar-refractivity contribution in [3.63, 3.8) is 0 Å². The third kappa shape index (κ3) is 1.59. The van der Waals surface area contributed by atoms with Crippen LogP contribution in [-0.4, -0.2) is 26.5 Å². The molecule has 0 unspecified atom stereocenters. The molecule has 6 nitrogen and oxygen atoms in total. The molecule has 2 aromatic heterocycles. The predicted molar refractivity (Wildman–Crippen MR) is 50.7 cm³/mol. The zero-order valence-electron chi connectivity index (χ0n) is 8.06. The molecule has 0 aliphatic heterocycles. The Labute approximate surface area is 80.9 Å². The number of aryl methyl sites for hydroxylation is 1. The quantitative estimate of drug-likeness (QED) is 0.784. The standard InChI is InChI=1S/C8H11N5O/c1-3-9-8-11-7(12-14-8)6-4-10-13(2)5-6/h4-5H,3H2,1-2H3,(H,9,11,12). The molecular formula is C8H11N5O. The molecule has 0 atom stereocenters. The van der Waals surface area contributed by atoms with E-state index in [4.69, 9.17) is 4.52 Å². The molecule has 1 N–H and O–H groups in total. The molecule has 0 aliphatic carbocycles. The van der Waals surface area contributed by atoms with E-state index in [0.717, 1.165) is 12.1 Å². The van der Waals surface area contributed by atoms with Crippen LogP contribution >= 0.6 is 0 Å². The average molecular weight is 193 g/mol. The van der Waals surface area contributed by atoms with E-state index in [9.17, 15) is 0 Å². The lowest BCUT2D eigenvalue weighted by Gasteiger charge is -1.89. The number of nitrogens with zero attached hydrogens (tertiary/aromatic N) is 4. The largest absolute Gasteiger partial charge is 0.338 e. The first-order chi connectivity index (χ1) is 6.79. The molecule has 0 radical (unpaired) electrons. The fourth-order valence-corrected chi connectivity index (χ4v) is 1.10. The third-order valence-electron chi connectivity index (χ3n) is 1.72. The van der Waals surface area contributed by atoms with Gasteiger partial charge in [-0.1, -0.05) is 5.16 Å². The number of hydrogen-bond donors (Lipinski definition) is 1. The molecule has 0 saturated heterocycles. The van der Waals surface area contributed by atoms with E-state index in [0.29, 0.717) is 11.8 Å². The van der Waals surface area contributed by atoms with Gasteiger partial charge in [0.05, 0.1) is 11.8 Å². The van der Waals surface area contributed by atoms with Gasteiger partial charge in [0.15, 0.2) is 0 Å². The molecule has 74 valence electrons. The highest BCUT2D eigenvalue weighted by Gasteiger charge is 2.08. The van der Waals surface area contributed by atoms with E-state index in [1.54, 1.807) is 10.9 Å². The summed E-state index contributed by atoms with van der Waals surface area (Å²) in [4.78, 5) is 4.14. The van der Waals surface area contributed by atoms with Gasteiger partial charge in [-0.15, -0.1) is 0 Å². The van der Waals surface area contributed by atoms with Crippen LogP contribution in [0.5, 0.6) is 0 Å². The van der Waals surface area contributed by atoms with Crippen molar-refractivity contribution in [3.05, 3.63) is 12.4 Å². The average Bonchev–Trinajstić information content (AvgIpc) is 2.74. The van der Waals surface area contributed by atoms with Crippen molar-refractivity contribution >= 4 is 6.01 Å². The van der Waals surface area contributed by atoms with Gasteiger partial charge in [-0.25, -0.2) is 0 Å². The lowest BCUT2D eigenvalue weighted by molar-refractivity contribution is 0.432. The second-order valence-corrected chi connectivity index (χ2v) is 2.86. The van der Waals surface area contributed by atoms with Crippen LogP contribution in [0.15, 0.2) is 16.9 Å². The molecule has 2 rings (SSSR count). The van der Waals surface area contributed by atoms with Crippen LogP contribution in [0.2, 0.25) is 0 Å². The first-order valence-electron chi connectivity index (χ1n) is 4.36. The Morgan fingerprint density at radius 1 is 1.57 bits per heavy atom. The lowest BCUT2D eigenvalue weighted by Crippen LogP contribution is -1.95. The highest BCUT2D eigenvalue weighted by molar-refractivity contribution is 5.52. The molecule has 0 bridgehead atoms. The third-order valence-corrected chi connectivity index (χ3v) is 1.72. The molecule has 0 aromatic carbocycles. The molecule has 0 fully saturated rings. The van der Waals surface area contributed by atoms with Gasteiger partial charge >= 0.3 is 6.01 Å². The summed E-state index contributed by atoms with van der Waals surface area (Å²) >= 11 is 0. The molecule has 0 amide bonds. The van der Waals surface area contributed by atoms with Gasteiger partial charge in [-0.05, 0) is 6.92 Å². The van der Waals surface area contributed by atoms with Crippen LogP contribution in [0.1, 0.15) is 6.92 Å². The van der Waals surface area contributed by atoms with Crippen LogP contribution in [-0.2, 0) is 7.05 Å². The Morgan fingerprint density at radius 2 is 2.43 bits per heavy atom. The number of nitrogens with one attached hydrogen (secondary N) is 1. The van der Waals surface area contributed by atoms with Crippen molar-refractivity contribution in [1.82, 2.24) is 19.9 Å². The SMILES string of the molecule is CCNc1nc(-c2cnn(C)c2)no1. The maximum absolute atomic E-state index is 4.96. The van der Waals surface area contributed by atoms with Crippen LogP contribution in [0, 0.1) is 0 Å². The highest BCUT2D eigenvalue weighted by Crippen LogP contribution is 2.15. The van der Waals surface area contributed by atoms with E-state index in [1.165, 1.54) is 0 Å². The minimum absolute atomic E-state index is 0.436. The number of rotatable bonds is 3. The van der Waals surface area contributed by atoms with Gasteiger partial charge < -0.3 is 9.84 Å². The summed E-state index contributed by atoms with van der Waals surface area (Å²) in [6.07, 6.45) is 3.53. The normalized spacial score (nSPS) is 10.4. The number of hydrogen-bond acceptors (Lipinski definition) is 5. The molecule has 2 heterocycles. The Balaban J connectivity index is 2.24. The van der Waals surface area contributed by atoms with Gasteiger partial charge in [0.1, 0.15) is 0 Å². The molecule has 0 spiro atoms. The molecule has 6 heteroatoms. The van der Waals surface area contributed by atoms with E-state index in [-0.39, 0.29) is 0 Å². The zero-order valence-corrected chi connectivity index (χ0v) is 8.06. The Kier molecular flexibility index (Phi) is 2.18. The lowest BCUT2D eigenvalue weighted by atomic mass is 10.3. The summed E-state index contributed by atoms with van der Waals surface area (Å²) in [7, 11) is 1.84. The van der Waals surface area contributed by atoms with Crippen LogP contribution in [0.25, 0.3) is 11.4 Å². The molecule has 14 heavy (non-hydrogen) atoms. The topological polar surface area (TPSA) is 68.8 Å². The van der Waals surface area contributed by atoms with Crippen molar-refractivity contribution < 1.29 is 4.52 Å². The first kappa shape index (κ1) is 8.74. The van der Waals surface area contributed by atoms with Crippen LogP contribution in [0.3, 0.4) is 0 Å². The van der Waals surface area contributed by atoms with Gasteiger partial charge in [-0.3, -0.25) is 4.68 Å². The second-order valence-electron chi connectivity index (χ2n) is 2.86. The van der Waals surface area contributed by atoms with Crippen LogP contribution < -0.4 is 5.32 Å². The maximum atomic E-state index is 4.96. The number of anilines is 1. The summed E-state index contributed by atoms with van der Waals surface area (Å²) in [6, 6.07) is 0.436. The monoisotopic (exact) mass is 193 g/mol. The summed E-state index contributed by atoms with van der Waals surface area (Å²) in [5.41, 5.74) is 0.848. The second kappa shape index (κ2) is 3.49. The van der Waals surface area contributed by atoms with Crippen molar-refractivity contribution in [2.45, 2.75) is 6.92 Å². The fourth-order valence-electron chi connectivity index (χ4n) is 1.10. The molecule has 0 saturated carbocycles. The van der Waals surface area contributed by atoms with E-state index < -0.39 is 0 Å². The first-order valence-corrected chi connectivity index (χ1v) is 4.36. The molecule has 2 aromatic rings. The molecular weight excluding hydrogens is 182 g/mol. The molecule has 0 aliphatic rings. The Morgan fingerprint density at radius 3 is 3.07 bits per heavy atom. The van der Waals surface area contributed by atoms with Crippen molar-refractivity contribution in [1.29, 1.82) is 0 Å². The number of aromatic nitrogens is 4. The van der Waals surface area contributed by atoms with Gasteiger partial charge in [0, 0.05) is 19.8 Å². The maximum Gasteiger partial charge on any atom is 0.321 e.